The molecule has 156 valence electrons. The quantitative estimate of drug-likeness (QED) is 0.355. The van der Waals surface area contributed by atoms with E-state index in [4.69, 9.17) is 9.15 Å². The highest BCUT2D eigenvalue weighted by atomic mass is 16.5. The van der Waals surface area contributed by atoms with Crippen LogP contribution in [0.5, 0.6) is 0 Å². The molecule has 0 amide bonds. The van der Waals surface area contributed by atoms with Gasteiger partial charge in [0.1, 0.15) is 6.26 Å². The summed E-state index contributed by atoms with van der Waals surface area (Å²) in [6.45, 7) is 3.25. The van der Waals surface area contributed by atoms with Gasteiger partial charge in [0.05, 0.1) is 24.9 Å². The van der Waals surface area contributed by atoms with Crippen molar-refractivity contribution in [2.45, 2.75) is 19.9 Å². The normalized spacial score (nSPS) is 11.2. The number of rotatable bonds is 7. The van der Waals surface area contributed by atoms with Gasteiger partial charge in [0.25, 0.3) is 0 Å². The number of hydrogen-bond acceptors (Lipinski definition) is 5. The smallest absolute Gasteiger partial charge is 0.337 e. The van der Waals surface area contributed by atoms with Gasteiger partial charge in [-0.1, -0.05) is 29.8 Å². The van der Waals surface area contributed by atoms with E-state index in [2.05, 4.69) is 20.6 Å². The van der Waals surface area contributed by atoms with Gasteiger partial charge in [-0.15, -0.1) is 0 Å². The van der Waals surface area contributed by atoms with Crippen LogP contribution in [0, 0.1) is 6.92 Å². The number of carbonyl (C=O) groups excluding carboxylic acids is 1. The average Bonchev–Trinajstić information content (AvgIpc) is 3.25. The Balaban J connectivity index is 1.46. The molecule has 2 aromatic carbocycles. The number of methoxy groups -OCH3 is 1. The van der Waals surface area contributed by atoms with Crippen LogP contribution in [0.2, 0.25) is 0 Å². The largest absolute Gasteiger partial charge is 0.465 e. The van der Waals surface area contributed by atoms with Gasteiger partial charge in [0.2, 0.25) is 5.89 Å². The number of nitrogens with zero attached hydrogens (tertiary/aromatic N) is 2. The number of benzene rings is 2. The van der Waals surface area contributed by atoms with Crippen molar-refractivity contribution in [2.75, 3.05) is 20.7 Å². The van der Waals surface area contributed by atoms with Crippen LogP contribution in [0.15, 0.2) is 64.2 Å². The molecule has 30 heavy (non-hydrogen) atoms. The van der Waals surface area contributed by atoms with Crippen LogP contribution in [0.3, 0.4) is 0 Å². The summed E-state index contributed by atoms with van der Waals surface area (Å²) in [5.74, 6) is 0.953. The molecule has 0 fully saturated rings. The second-order valence-corrected chi connectivity index (χ2v) is 6.80. The molecule has 2 N–H and O–H groups in total. The lowest BCUT2D eigenvalue weighted by atomic mass is 10.1. The van der Waals surface area contributed by atoms with Gasteiger partial charge in [0, 0.05) is 19.2 Å². The Bertz CT molecular complexity index is 992. The van der Waals surface area contributed by atoms with Crippen molar-refractivity contribution in [2.24, 2.45) is 4.99 Å². The van der Waals surface area contributed by atoms with Gasteiger partial charge in [-0.05, 0) is 43.2 Å². The molecule has 3 aromatic rings. The van der Waals surface area contributed by atoms with E-state index in [-0.39, 0.29) is 5.97 Å². The molecule has 0 saturated heterocycles. The predicted octanol–water partition coefficient (Wildman–Crippen LogP) is 3.34. The summed E-state index contributed by atoms with van der Waals surface area (Å²) in [6, 6.07) is 15.4. The molecular formula is C23H26N4O3. The number of carbonyl (C=O) groups is 1. The van der Waals surface area contributed by atoms with E-state index < -0.39 is 0 Å². The highest BCUT2D eigenvalue weighted by Crippen LogP contribution is 2.19. The van der Waals surface area contributed by atoms with E-state index in [1.54, 1.807) is 25.4 Å². The summed E-state index contributed by atoms with van der Waals surface area (Å²) < 4.78 is 10.3. The van der Waals surface area contributed by atoms with Crippen molar-refractivity contribution in [1.82, 2.24) is 15.6 Å². The number of aromatic nitrogens is 1. The van der Waals surface area contributed by atoms with Crippen LogP contribution < -0.4 is 10.6 Å². The fourth-order valence-electron chi connectivity index (χ4n) is 2.86. The van der Waals surface area contributed by atoms with E-state index in [0.29, 0.717) is 30.5 Å². The molecule has 0 aliphatic carbocycles. The second-order valence-electron chi connectivity index (χ2n) is 6.80. The van der Waals surface area contributed by atoms with Crippen molar-refractivity contribution in [1.29, 1.82) is 0 Å². The van der Waals surface area contributed by atoms with E-state index in [1.807, 2.05) is 43.3 Å². The third-order valence-corrected chi connectivity index (χ3v) is 4.59. The first-order valence-corrected chi connectivity index (χ1v) is 9.72. The van der Waals surface area contributed by atoms with E-state index in [9.17, 15) is 4.79 Å². The number of ether oxygens (including phenoxy) is 1. The van der Waals surface area contributed by atoms with Crippen molar-refractivity contribution >= 4 is 11.9 Å². The van der Waals surface area contributed by atoms with E-state index in [1.165, 1.54) is 12.7 Å². The number of aliphatic imine (C=N–C) groups is 1. The van der Waals surface area contributed by atoms with Crippen LogP contribution >= 0.6 is 0 Å². The van der Waals surface area contributed by atoms with Gasteiger partial charge in [0.15, 0.2) is 5.96 Å². The van der Waals surface area contributed by atoms with Crippen molar-refractivity contribution < 1.29 is 13.9 Å². The predicted molar refractivity (Wildman–Crippen MR) is 116 cm³/mol. The third-order valence-electron chi connectivity index (χ3n) is 4.59. The average molecular weight is 406 g/mol. The number of guanidine groups is 1. The zero-order valence-corrected chi connectivity index (χ0v) is 17.4. The molecule has 0 spiro atoms. The van der Waals surface area contributed by atoms with Gasteiger partial charge in [-0.25, -0.2) is 9.78 Å². The van der Waals surface area contributed by atoms with Crippen LogP contribution in [0.1, 0.15) is 27.2 Å². The van der Waals surface area contributed by atoms with Gasteiger partial charge in [-0.3, -0.25) is 4.99 Å². The minimum atomic E-state index is -0.331. The molecule has 0 unspecified atom stereocenters. The van der Waals surface area contributed by atoms with Gasteiger partial charge >= 0.3 is 5.97 Å². The molecule has 0 bridgehead atoms. The maximum absolute atomic E-state index is 11.5. The van der Waals surface area contributed by atoms with Crippen LogP contribution in [-0.4, -0.2) is 37.6 Å². The second kappa shape index (κ2) is 10.2. The number of esters is 1. The lowest BCUT2D eigenvalue weighted by Gasteiger charge is -2.11. The van der Waals surface area contributed by atoms with E-state index in [0.717, 1.165) is 23.2 Å². The first kappa shape index (κ1) is 21.1. The lowest BCUT2D eigenvalue weighted by Crippen LogP contribution is -2.37. The maximum atomic E-state index is 11.5. The molecule has 3 rings (SSSR count). The number of hydrogen-bond donors (Lipinski definition) is 2. The molecule has 1 aromatic heterocycles. The maximum Gasteiger partial charge on any atom is 0.337 e. The first-order chi connectivity index (χ1) is 14.6. The molecule has 0 radical (unpaired) electrons. The van der Waals surface area contributed by atoms with Crippen LogP contribution in [0.4, 0.5) is 0 Å². The Morgan fingerprint density at radius 3 is 2.50 bits per heavy atom. The minimum Gasteiger partial charge on any atom is -0.465 e. The molecule has 1 heterocycles. The molecule has 0 saturated carbocycles. The van der Waals surface area contributed by atoms with Crippen molar-refractivity contribution in [3.63, 3.8) is 0 Å². The first-order valence-electron chi connectivity index (χ1n) is 9.72. The summed E-state index contributed by atoms with van der Waals surface area (Å²) in [7, 11) is 3.10. The summed E-state index contributed by atoms with van der Waals surface area (Å²) in [5, 5.41) is 6.50. The zero-order valence-electron chi connectivity index (χ0n) is 17.4. The lowest BCUT2D eigenvalue weighted by molar-refractivity contribution is 0.0600. The molecular weight excluding hydrogens is 380 g/mol. The highest BCUT2D eigenvalue weighted by molar-refractivity contribution is 5.89. The molecule has 0 aliphatic heterocycles. The van der Waals surface area contributed by atoms with Gasteiger partial charge in [-0.2, -0.15) is 0 Å². The van der Waals surface area contributed by atoms with Crippen molar-refractivity contribution in [3.8, 4) is 11.5 Å². The highest BCUT2D eigenvalue weighted by Gasteiger charge is 2.08. The number of oxazole rings is 1. The Labute approximate surface area is 176 Å². The Morgan fingerprint density at radius 1 is 1.10 bits per heavy atom. The Kier molecular flexibility index (Phi) is 7.21. The summed E-state index contributed by atoms with van der Waals surface area (Å²) in [6.07, 6.45) is 2.45. The molecule has 7 heteroatoms. The molecule has 0 aliphatic rings. The summed E-state index contributed by atoms with van der Waals surface area (Å²) in [4.78, 5) is 20.2. The number of nitrogens with one attached hydrogen (secondary N) is 2. The SMILES string of the molecule is CN=C(NCCc1ccc(C(=O)OC)cc1)NCc1coc(-c2ccc(C)cc2)n1. The summed E-state index contributed by atoms with van der Waals surface area (Å²) >= 11 is 0. The standard InChI is InChI=1S/C23H26N4O3/c1-16-4-8-18(9-5-16)21-27-20(15-30-21)14-26-23(24-2)25-13-12-17-6-10-19(11-7-17)22(28)29-3/h4-11,15H,12-14H2,1-3H3,(H2,24,25,26). The fourth-order valence-corrected chi connectivity index (χ4v) is 2.86. The Morgan fingerprint density at radius 2 is 1.83 bits per heavy atom. The third kappa shape index (κ3) is 5.70. The number of aryl methyl sites for hydroxylation is 1. The fraction of sp³-hybridized carbons (Fsp3) is 0.261. The topological polar surface area (TPSA) is 88.8 Å². The Hall–Kier alpha value is -3.61. The zero-order chi connectivity index (χ0) is 21.3. The monoisotopic (exact) mass is 406 g/mol. The van der Waals surface area contributed by atoms with Crippen LogP contribution in [-0.2, 0) is 17.7 Å². The van der Waals surface area contributed by atoms with Crippen LogP contribution in [0.25, 0.3) is 11.5 Å². The molecule has 0 atom stereocenters. The van der Waals surface area contributed by atoms with Crippen molar-refractivity contribution in [3.05, 3.63) is 77.2 Å². The van der Waals surface area contributed by atoms with Gasteiger partial charge < -0.3 is 19.8 Å². The minimum absolute atomic E-state index is 0.331. The van der Waals surface area contributed by atoms with E-state index >= 15 is 0 Å². The summed E-state index contributed by atoms with van der Waals surface area (Å²) in [5.41, 5.74) is 4.61. The molecule has 7 nitrogen and oxygen atoms in total.